The molecule has 46 heavy (non-hydrogen) atoms. The number of aromatic hydroxyl groups is 1. The third-order valence-electron chi connectivity index (χ3n) is 9.51. The molecule has 6 N–H and O–H groups in total. The molecule has 0 saturated heterocycles. The number of phenols is 1. The number of nitrogens with zero attached hydrogens (tertiary/aromatic N) is 1. The van der Waals surface area contributed by atoms with Gasteiger partial charge in [-0.05, 0) is 72.6 Å². The Bertz CT molecular complexity index is 1390. The largest absolute Gasteiger partial charge is 0.504 e. The van der Waals surface area contributed by atoms with Gasteiger partial charge in [-0.15, -0.1) is 0 Å². The number of aromatic amines is 1. The minimum atomic E-state index is -1.63. The van der Waals surface area contributed by atoms with E-state index >= 15 is 0 Å². The first-order valence-corrected chi connectivity index (χ1v) is 16.9. The van der Waals surface area contributed by atoms with Gasteiger partial charge in [0.2, 0.25) is 0 Å². The van der Waals surface area contributed by atoms with Crippen LogP contribution < -0.4 is 10.5 Å². The molecule has 0 bridgehead atoms. The number of hydrogen-bond donors (Lipinski definition) is 5. The molecule has 1 aromatic carbocycles. The van der Waals surface area contributed by atoms with Crippen molar-refractivity contribution in [3.63, 3.8) is 0 Å². The Balaban J connectivity index is 1.40. The average molecular weight is 634 g/mol. The molecule has 3 unspecified atom stereocenters. The smallest absolute Gasteiger partial charge is 0.170 e. The van der Waals surface area contributed by atoms with Crippen LogP contribution in [0.25, 0.3) is 0 Å². The van der Waals surface area contributed by atoms with Crippen molar-refractivity contribution in [1.82, 2.24) is 9.97 Å². The Morgan fingerprint density at radius 3 is 2.50 bits per heavy atom. The Morgan fingerprint density at radius 1 is 1.04 bits per heavy atom. The van der Waals surface area contributed by atoms with E-state index in [1.165, 1.54) is 52.1 Å². The van der Waals surface area contributed by atoms with E-state index in [0.717, 1.165) is 30.0 Å². The van der Waals surface area contributed by atoms with Gasteiger partial charge in [-0.1, -0.05) is 63.9 Å². The summed E-state index contributed by atoms with van der Waals surface area (Å²) in [6.45, 7) is -0.175. The fourth-order valence-electron chi connectivity index (χ4n) is 6.94. The van der Waals surface area contributed by atoms with E-state index in [2.05, 4.69) is 9.97 Å². The highest BCUT2D eigenvalue weighted by Gasteiger charge is 2.30. The minimum absolute atomic E-state index is 0.0412. The number of aromatic nitrogens is 2. The number of nitrogens with one attached hydrogen (secondary N) is 1. The van der Waals surface area contributed by atoms with E-state index in [0.29, 0.717) is 29.8 Å². The Morgan fingerprint density at radius 2 is 1.80 bits per heavy atom. The molecule has 3 aromatic rings. The maximum atomic E-state index is 12.9. The highest BCUT2D eigenvalue weighted by molar-refractivity contribution is 6.05. The number of methoxy groups -OCH3 is 1. The van der Waals surface area contributed by atoms with Crippen molar-refractivity contribution in [2.45, 2.75) is 102 Å². The zero-order chi connectivity index (χ0) is 32.9. The predicted molar refractivity (Wildman–Crippen MR) is 179 cm³/mol. The van der Waals surface area contributed by atoms with Gasteiger partial charge in [-0.25, -0.2) is 4.98 Å². The van der Waals surface area contributed by atoms with Crippen LogP contribution in [0, 0.1) is 11.8 Å². The van der Waals surface area contributed by atoms with Gasteiger partial charge in [0, 0.05) is 49.0 Å². The van der Waals surface area contributed by atoms with Crippen molar-refractivity contribution >= 4 is 17.4 Å². The number of ketones is 2. The summed E-state index contributed by atoms with van der Waals surface area (Å²) in [5.41, 5.74) is 8.93. The third-order valence-corrected chi connectivity index (χ3v) is 9.51. The molecular formula is C37H51N3O6. The number of ether oxygens (including phenoxy) is 1. The summed E-state index contributed by atoms with van der Waals surface area (Å²) in [5.74, 6) is -0.454. The molecule has 1 saturated carbocycles. The second-order valence-corrected chi connectivity index (χ2v) is 12.9. The van der Waals surface area contributed by atoms with Gasteiger partial charge >= 0.3 is 0 Å². The van der Waals surface area contributed by atoms with E-state index < -0.39 is 23.6 Å². The van der Waals surface area contributed by atoms with Gasteiger partial charge < -0.3 is 30.8 Å². The van der Waals surface area contributed by atoms with Crippen LogP contribution in [-0.4, -0.2) is 56.7 Å². The van der Waals surface area contributed by atoms with Crippen molar-refractivity contribution in [2.75, 3.05) is 19.5 Å². The molecule has 9 heteroatoms. The van der Waals surface area contributed by atoms with Gasteiger partial charge in [0.05, 0.1) is 7.11 Å². The number of unbranched alkanes of at least 4 members (excludes halogenated alkanes) is 3. The molecule has 1 aliphatic rings. The second-order valence-electron chi connectivity index (χ2n) is 12.9. The highest BCUT2D eigenvalue weighted by atomic mass is 16.5. The lowest BCUT2D eigenvalue weighted by molar-refractivity contribution is -0.138. The van der Waals surface area contributed by atoms with Crippen LogP contribution in [0.15, 0.2) is 48.8 Å². The Hall–Kier alpha value is -3.69. The van der Waals surface area contributed by atoms with Crippen LogP contribution >= 0.6 is 0 Å². The molecule has 1 aliphatic carbocycles. The molecule has 2 aromatic heterocycles. The van der Waals surface area contributed by atoms with Crippen LogP contribution in [0.2, 0.25) is 0 Å². The standard InChI is InChI=1S/C37H51N3O6/c1-46-33-21-26(15-16-32(43)37(45)31(42)14-8-3-2-5-10-25-11-6-4-7-12-25)20-30(36(33)44)35(27-17-19-40-34(38)23-27)28(24-41)22-29-13-9-18-39-29/h9,13,17-21,23,25,28,35,37,39,41,44-45H,2-8,10-12,14-16,22,24H2,1H3,(H2,38,40). The number of aliphatic hydroxyl groups is 2. The molecule has 0 radical (unpaired) electrons. The lowest BCUT2D eigenvalue weighted by Crippen LogP contribution is -2.30. The maximum absolute atomic E-state index is 12.9. The van der Waals surface area contributed by atoms with Gasteiger partial charge in [-0.2, -0.15) is 0 Å². The molecule has 9 nitrogen and oxygen atoms in total. The van der Waals surface area contributed by atoms with Crippen LogP contribution in [0.5, 0.6) is 11.5 Å². The SMILES string of the molecule is COc1cc(CCC(=O)C(O)C(=O)CCCCCCC2CCCCC2)cc(C(c2ccnc(N)c2)C(CO)Cc2ccc[nH]2)c1O. The van der Waals surface area contributed by atoms with Gasteiger partial charge in [0.15, 0.2) is 29.2 Å². The number of pyridine rings is 1. The van der Waals surface area contributed by atoms with Gasteiger partial charge in [0.1, 0.15) is 5.82 Å². The molecule has 2 heterocycles. The van der Waals surface area contributed by atoms with Crippen LogP contribution in [-0.2, 0) is 22.4 Å². The summed E-state index contributed by atoms with van der Waals surface area (Å²) < 4.78 is 5.51. The van der Waals surface area contributed by atoms with E-state index in [-0.39, 0.29) is 43.3 Å². The number of carbonyl (C=O) groups is 2. The van der Waals surface area contributed by atoms with Crippen molar-refractivity contribution in [1.29, 1.82) is 0 Å². The fourth-order valence-corrected chi connectivity index (χ4v) is 6.94. The average Bonchev–Trinajstić information content (AvgIpc) is 3.59. The van der Waals surface area contributed by atoms with E-state index in [1.807, 2.05) is 18.3 Å². The number of hydrogen-bond acceptors (Lipinski definition) is 8. The number of nitrogens with two attached hydrogens (primary N) is 1. The second kappa shape index (κ2) is 17.9. The highest BCUT2D eigenvalue weighted by Crippen LogP contribution is 2.43. The van der Waals surface area contributed by atoms with Crippen LogP contribution in [0.3, 0.4) is 0 Å². The number of phenolic OH excluding ortho intramolecular Hbond substituents is 1. The minimum Gasteiger partial charge on any atom is -0.504 e. The number of benzene rings is 1. The predicted octanol–water partition coefficient (Wildman–Crippen LogP) is 6.04. The molecule has 4 rings (SSSR count). The molecule has 250 valence electrons. The van der Waals surface area contributed by atoms with Gasteiger partial charge in [0.25, 0.3) is 0 Å². The summed E-state index contributed by atoms with van der Waals surface area (Å²) in [4.78, 5) is 32.8. The van der Waals surface area contributed by atoms with E-state index in [9.17, 15) is 24.9 Å². The topological polar surface area (TPSA) is 159 Å². The Kier molecular flexibility index (Phi) is 13.7. The molecule has 0 amide bonds. The fraction of sp³-hybridized carbons (Fsp3) is 0.541. The van der Waals surface area contributed by atoms with Crippen molar-refractivity contribution < 1.29 is 29.6 Å². The number of carbonyl (C=O) groups excluding carboxylic acids is 2. The van der Waals surface area contributed by atoms with Crippen molar-refractivity contribution in [3.05, 3.63) is 71.2 Å². The number of nitrogen functional groups attached to an aromatic ring is 1. The Labute approximate surface area is 272 Å². The molecule has 0 aliphatic heterocycles. The maximum Gasteiger partial charge on any atom is 0.170 e. The summed E-state index contributed by atoms with van der Waals surface area (Å²) in [6, 6.07) is 10.8. The molecule has 0 spiro atoms. The summed E-state index contributed by atoms with van der Waals surface area (Å²) >= 11 is 0. The zero-order valence-corrected chi connectivity index (χ0v) is 27.1. The summed E-state index contributed by atoms with van der Waals surface area (Å²) in [6.07, 6.45) is 14.6. The quantitative estimate of drug-likeness (QED) is 0.0789. The van der Waals surface area contributed by atoms with E-state index in [1.54, 1.807) is 30.5 Å². The molecule has 3 atom stereocenters. The van der Waals surface area contributed by atoms with Crippen molar-refractivity contribution in [2.24, 2.45) is 11.8 Å². The number of rotatable bonds is 19. The first kappa shape index (κ1) is 35.2. The van der Waals surface area contributed by atoms with E-state index in [4.69, 9.17) is 10.5 Å². The third kappa shape index (κ3) is 9.90. The van der Waals surface area contributed by atoms with Crippen molar-refractivity contribution in [3.8, 4) is 11.5 Å². The molecular weight excluding hydrogens is 582 g/mol. The summed E-state index contributed by atoms with van der Waals surface area (Å²) in [7, 11) is 1.45. The number of aryl methyl sites for hydroxylation is 1. The van der Waals surface area contributed by atoms with Crippen LogP contribution in [0.1, 0.15) is 105 Å². The number of Topliss-reactive ketones (excluding diaryl/α,β-unsaturated/α-hetero) is 2. The normalized spacial score (nSPS) is 15.7. The first-order chi connectivity index (χ1) is 22.3. The summed E-state index contributed by atoms with van der Waals surface area (Å²) in [5, 5.41) is 32.4. The van der Waals surface area contributed by atoms with Gasteiger partial charge in [-0.3, -0.25) is 9.59 Å². The monoisotopic (exact) mass is 633 g/mol. The molecule has 1 fully saturated rings. The number of aliphatic hydroxyl groups excluding tert-OH is 2. The zero-order valence-electron chi connectivity index (χ0n) is 27.1. The lowest BCUT2D eigenvalue weighted by atomic mass is 9.78. The first-order valence-electron chi connectivity index (χ1n) is 16.9. The number of H-pyrrole nitrogens is 1. The van der Waals surface area contributed by atoms with Crippen LogP contribution in [0.4, 0.5) is 5.82 Å². The lowest BCUT2D eigenvalue weighted by Gasteiger charge is -2.28. The number of anilines is 1.